The monoisotopic (exact) mass is 418 g/mol. The number of hydrogen-bond acceptors (Lipinski definition) is 6. The summed E-state index contributed by atoms with van der Waals surface area (Å²) in [5, 5.41) is -0.0563. The minimum Gasteiger partial charge on any atom is -0.431 e. The van der Waals surface area contributed by atoms with Crippen molar-refractivity contribution in [3.05, 3.63) is 53.1 Å². The number of thioether (sulfide) groups is 1. The molecule has 2 aromatic carbocycles. The zero-order chi connectivity index (χ0) is 20.6. The molecule has 0 saturated heterocycles. The van der Waals surface area contributed by atoms with Crippen LogP contribution in [0.5, 0.6) is 0 Å². The Bertz CT molecular complexity index is 1150. The highest BCUT2D eigenvalue weighted by Gasteiger charge is 2.22. The number of rotatable bonds is 6. The molecule has 0 unspecified atom stereocenters. The smallest absolute Gasteiger partial charge is 0.257 e. The van der Waals surface area contributed by atoms with Gasteiger partial charge in [0, 0.05) is 19.7 Å². The summed E-state index contributed by atoms with van der Waals surface area (Å²) >= 11 is 1.21. The molecule has 0 aliphatic heterocycles. The van der Waals surface area contributed by atoms with Gasteiger partial charge in [-0.25, -0.2) is 17.7 Å². The molecule has 0 N–H and O–H groups in total. The van der Waals surface area contributed by atoms with Crippen molar-refractivity contribution in [3.8, 4) is 0 Å². The van der Waals surface area contributed by atoms with Crippen LogP contribution in [0.1, 0.15) is 28.4 Å². The first-order valence-electron chi connectivity index (χ1n) is 8.71. The van der Waals surface area contributed by atoms with Crippen molar-refractivity contribution in [2.45, 2.75) is 36.1 Å². The standard InChI is InChI=1S/C20H22N2O4S2/c1-12-6-7-15(10-13(12)2)19(23)14(3)27-20-21-17-11-16(8-9-18(17)26-20)28(24,25)22(4)5/h6-11,14H,1-5H3/t14-/m0/s1. The third-order valence-electron chi connectivity index (χ3n) is 4.56. The van der Waals surface area contributed by atoms with Crippen LogP contribution >= 0.6 is 11.8 Å². The molecule has 8 heteroatoms. The molecular formula is C20H22N2O4S2. The Kier molecular flexibility index (Phi) is 5.65. The number of Topliss-reactive ketones (excluding diaryl/α,β-unsaturated/α-hetero) is 1. The van der Waals surface area contributed by atoms with E-state index in [1.165, 1.54) is 38.0 Å². The number of nitrogens with zero attached hydrogens (tertiary/aromatic N) is 2. The van der Waals surface area contributed by atoms with Crippen molar-refractivity contribution in [1.82, 2.24) is 9.29 Å². The van der Waals surface area contributed by atoms with Gasteiger partial charge < -0.3 is 4.42 Å². The third kappa shape index (κ3) is 3.99. The fourth-order valence-electron chi connectivity index (χ4n) is 2.64. The molecule has 148 valence electrons. The topological polar surface area (TPSA) is 80.5 Å². The predicted octanol–water partition coefficient (Wildman–Crippen LogP) is 4.06. The van der Waals surface area contributed by atoms with Gasteiger partial charge in [0.05, 0.1) is 10.1 Å². The zero-order valence-corrected chi connectivity index (χ0v) is 18.0. The largest absolute Gasteiger partial charge is 0.431 e. The molecule has 0 aliphatic carbocycles. The van der Waals surface area contributed by atoms with Gasteiger partial charge >= 0.3 is 0 Å². The Hall–Kier alpha value is -2.16. The molecule has 3 rings (SSSR count). The molecule has 0 spiro atoms. The van der Waals surface area contributed by atoms with E-state index in [0.717, 1.165) is 15.4 Å². The molecule has 0 fully saturated rings. The average molecular weight is 419 g/mol. The molecule has 0 aliphatic rings. The summed E-state index contributed by atoms with van der Waals surface area (Å²) in [5.74, 6) is -0.00812. The first-order valence-corrected chi connectivity index (χ1v) is 11.0. The van der Waals surface area contributed by atoms with Crippen LogP contribution in [-0.4, -0.2) is 42.8 Å². The third-order valence-corrected chi connectivity index (χ3v) is 7.31. The van der Waals surface area contributed by atoms with Crippen LogP contribution in [0.2, 0.25) is 0 Å². The Morgan fingerprint density at radius 2 is 1.82 bits per heavy atom. The zero-order valence-electron chi connectivity index (χ0n) is 16.4. The number of ketones is 1. The van der Waals surface area contributed by atoms with E-state index < -0.39 is 10.0 Å². The van der Waals surface area contributed by atoms with Crippen molar-refractivity contribution in [2.75, 3.05) is 14.1 Å². The molecule has 3 aromatic rings. The van der Waals surface area contributed by atoms with Gasteiger partial charge in [-0.2, -0.15) is 0 Å². The first-order chi connectivity index (χ1) is 13.1. The van der Waals surface area contributed by atoms with Crippen molar-refractivity contribution in [3.63, 3.8) is 0 Å². The number of hydrogen-bond donors (Lipinski definition) is 0. The number of fused-ring (bicyclic) bond motifs is 1. The second-order valence-electron chi connectivity index (χ2n) is 6.82. The lowest BCUT2D eigenvalue weighted by atomic mass is 10.0. The van der Waals surface area contributed by atoms with Gasteiger partial charge in [0.1, 0.15) is 5.52 Å². The fraction of sp³-hybridized carbons (Fsp3) is 0.300. The summed E-state index contributed by atoms with van der Waals surface area (Å²) in [4.78, 5) is 17.2. The Labute approximate surface area is 169 Å². The summed E-state index contributed by atoms with van der Waals surface area (Å²) in [5.41, 5.74) is 3.78. The molecule has 0 radical (unpaired) electrons. The summed E-state index contributed by atoms with van der Waals surface area (Å²) < 4.78 is 31.4. The molecule has 1 heterocycles. The van der Waals surface area contributed by atoms with Crippen LogP contribution in [0.4, 0.5) is 0 Å². The summed E-state index contributed by atoms with van der Waals surface area (Å²) in [6, 6.07) is 10.2. The van der Waals surface area contributed by atoms with Crippen LogP contribution in [0.15, 0.2) is 50.9 Å². The Morgan fingerprint density at radius 3 is 2.46 bits per heavy atom. The van der Waals surface area contributed by atoms with Gasteiger partial charge in [-0.3, -0.25) is 4.79 Å². The van der Waals surface area contributed by atoms with Crippen molar-refractivity contribution in [2.24, 2.45) is 0 Å². The molecule has 0 bridgehead atoms. The second kappa shape index (κ2) is 7.69. The van der Waals surface area contributed by atoms with Crippen LogP contribution in [0.25, 0.3) is 11.1 Å². The molecule has 1 aromatic heterocycles. The van der Waals surface area contributed by atoms with E-state index in [4.69, 9.17) is 4.42 Å². The van der Waals surface area contributed by atoms with E-state index in [9.17, 15) is 13.2 Å². The number of aryl methyl sites for hydroxylation is 2. The molecular weight excluding hydrogens is 396 g/mol. The lowest BCUT2D eigenvalue weighted by Gasteiger charge is -2.10. The second-order valence-corrected chi connectivity index (χ2v) is 10.3. The normalized spacial score (nSPS) is 13.2. The van der Waals surface area contributed by atoms with E-state index in [2.05, 4.69) is 4.98 Å². The lowest BCUT2D eigenvalue weighted by Crippen LogP contribution is -2.22. The Balaban J connectivity index is 1.84. The minimum absolute atomic E-state index is 0.00812. The highest BCUT2D eigenvalue weighted by molar-refractivity contribution is 8.00. The van der Waals surface area contributed by atoms with Crippen molar-refractivity contribution >= 4 is 38.7 Å². The molecule has 0 amide bonds. The molecule has 6 nitrogen and oxygen atoms in total. The first kappa shape index (κ1) is 20.6. The number of oxazole rings is 1. The van der Waals surface area contributed by atoms with Gasteiger partial charge in [0.2, 0.25) is 10.0 Å². The SMILES string of the molecule is Cc1ccc(C(=O)[C@H](C)Sc2nc3cc(S(=O)(=O)N(C)C)ccc3o2)cc1C. The van der Waals surface area contributed by atoms with Crippen LogP contribution in [0, 0.1) is 13.8 Å². The maximum atomic E-state index is 12.7. The molecule has 28 heavy (non-hydrogen) atoms. The highest BCUT2D eigenvalue weighted by atomic mass is 32.2. The number of carbonyl (C=O) groups excluding carboxylic acids is 1. The minimum atomic E-state index is -3.55. The van der Waals surface area contributed by atoms with Gasteiger partial charge in [0.15, 0.2) is 11.4 Å². The number of aromatic nitrogens is 1. The van der Waals surface area contributed by atoms with E-state index in [0.29, 0.717) is 21.9 Å². The quantitative estimate of drug-likeness (QED) is 0.444. The highest BCUT2D eigenvalue weighted by Crippen LogP contribution is 2.30. The average Bonchev–Trinajstić information content (AvgIpc) is 3.04. The fourth-order valence-corrected chi connectivity index (χ4v) is 4.40. The number of sulfonamides is 1. The molecule has 1 atom stereocenters. The van der Waals surface area contributed by atoms with Crippen molar-refractivity contribution in [1.29, 1.82) is 0 Å². The van der Waals surface area contributed by atoms with Crippen LogP contribution in [-0.2, 0) is 10.0 Å². The van der Waals surface area contributed by atoms with E-state index in [1.807, 2.05) is 32.0 Å². The van der Waals surface area contributed by atoms with Crippen LogP contribution < -0.4 is 0 Å². The van der Waals surface area contributed by atoms with Gasteiger partial charge in [0.25, 0.3) is 5.22 Å². The van der Waals surface area contributed by atoms with E-state index >= 15 is 0 Å². The Morgan fingerprint density at radius 1 is 1.11 bits per heavy atom. The number of carbonyl (C=O) groups is 1. The summed E-state index contributed by atoms with van der Waals surface area (Å²) in [7, 11) is -0.597. The summed E-state index contributed by atoms with van der Waals surface area (Å²) in [6.45, 7) is 5.79. The maximum absolute atomic E-state index is 12.7. The van der Waals surface area contributed by atoms with Crippen LogP contribution in [0.3, 0.4) is 0 Å². The van der Waals surface area contributed by atoms with Gasteiger partial charge in [-0.05, 0) is 56.2 Å². The van der Waals surface area contributed by atoms with Gasteiger partial charge in [-0.1, -0.05) is 23.9 Å². The van der Waals surface area contributed by atoms with Crippen molar-refractivity contribution < 1.29 is 17.6 Å². The summed E-state index contributed by atoms with van der Waals surface area (Å²) in [6.07, 6.45) is 0. The maximum Gasteiger partial charge on any atom is 0.257 e. The van der Waals surface area contributed by atoms with Gasteiger partial charge in [-0.15, -0.1) is 0 Å². The predicted molar refractivity (Wildman–Crippen MR) is 110 cm³/mol. The number of benzene rings is 2. The lowest BCUT2D eigenvalue weighted by molar-refractivity contribution is 0.0993. The molecule has 0 saturated carbocycles. The van der Waals surface area contributed by atoms with E-state index in [1.54, 1.807) is 13.0 Å². The van der Waals surface area contributed by atoms with E-state index in [-0.39, 0.29) is 15.9 Å².